The Balaban J connectivity index is 1.95. The summed E-state index contributed by atoms with van der Waals surface area (Å²) in [5.74, 6) is -0.266. The van der Waals surface area contributed by atoms with Crippen molar-refractivity contribution in [2.45, 2.75) is 68.6 Å². The van der Waals surface area contributed by atoms with Gasteiger partial charge in [0.25, 0.3) is 0 Å². The van der Waals surface area contributed by atoms with E-state index in [1.165, 1.54) is 0 Å². The molecule has 2 heterocycles. The Bertz CT molecular complexity index is 1270. The van der Waals surface area contributed by atoms with Gasteiger partial charge in [0.05, 0.1) is 23.3 Å². The van der Waals surface area contributed by atoms with Gasteiger partial charge in [0.1, 0.15) is 33.8 Å². The molecule has 2 aromatic rings. The first kappa shape index (κ1) is 28.8. The third-order valence-corrected chi connectivity index (χ3v) is 7.26. The second-order valence-corrected chi connectivity index (χ2v) is 11.0. The number of pyridine rings is 1. The normalized spacial score (nSPS) is 18.1. The van der Waals surface area contributed by atoms with Crippen molar-refractivity contribution in [3.05, 3.63) is 52.6 Å². The number of β-amino-alcohol motifs (C(OH)–C–C–N with tert-alkyl or cyclic N) is 1. The molecule has 0 aliphatic carbocycles. The molecule has 1 aromatic heterocycles. The zero-order chi connectivity index (χ0) is 28.0. The second kappa shape index (κ2) is 12.2. The highest BCUT2D eigenvalue weighted by molar-refractivity contribution is 8.00. The molecule has 0 unspecified atom stereocenters. The second-order valence-electron chi connectivity index (χ2n) is 9.91. The number of aromatic nitrogens is 1. The van der Waals surface area contributed by atoms with Crippen molar-refractivity contribution in [2.75, 3.05) is 18.0 Å². The lowest BCUT2D eigenvalue weighted by Gasteiger charge is -2.37. The maximum atomic E-state index is 12.4. The minimum Gasteiger partial charge on any atom is -0.444 e. The summed E-state index contributed by atoms with van der Waals surface area (Å²) in [4.78, 5) is 31.0. The number of alkyl carbamates (subject to hydrolysis) is 1. The van der Waals surface area contributed by atoms with Crippen molar-refractivity contribution in [3.8, 4) is 12.1 Å². The molecule has 1 aromatic carbocycles. The van der Waals surface area contributed by atoms with E-state index in [2.05, 4.69) is 22.4 Å². The highest BCUT2D eigenvalue weighted by Gasteiger charge is 2.34. The van der Waals surface area contributed by atoms with Crippen LogP contribution in [0.2, 0.25) is 0 Å². The van der Waals surface area contributed by atoms with E-state index in [0.29, 0.717) is 36.3 Å². The van der Waals surface area contributed by atoms with E-state index in [0.717, 1.165) is 11.8 Å². The molecule has 4 N–H and O–H groups in total. The Morgan fingerprint density at radius 3 is 2.45 bits per heavy atom. The molecule has 3 atom stereocenters. The molecule has 2 amide bonds. The maximum Gasteiger partial charge on any atom is 0.407 e. The number of aliphatic hydroxyl groups is 1. The Kier molecular flexibility index (Phi) is 9.21. The van der Waals surface area contributed by atoms with Crippen LogP contribution in [0.1, 0.15) is 61.6 Å². The number of primary amides is 1. The largest absolute Gasteiger partial charge is 0.444 e. The van der Waals surface area contributed by atoms with Gasteiger partial charge in [-0.25, -0.2) is 9.78 Å². The SMILES string of the molecule is CCc1c(C#N)c(S[C@@H](C(N)=O)c2ccccc2)nc(N2CC[C@H](NC(=O)OC(C)(C)C)[C@H](O)C2)c1C#N. The number of piperidine rings is 1. The lowest BCUT2D eigenvalue weighted by Crippen LogP contribution is -2.55. The fraction of sp³-hybridized carbons (Fsp3) is 0.444. The van der Waals surface area contributed by atoms with Gasteiger partial charge in [-0.3, -0.25) is 4.79 Å². The Morgan fingerprint density at radius 1 is 1.26 bits per heavy atom. The van der Waals surface area contributed by atoms with E-state index >= 15 is 0 Å². The monoisotopic (exact) mass is 536 g/mol. The standard InChI is InChI=1S/C27H32N6O4S/c1-5-17-18(13-28)24(33-12-11-20(21(34)15-33)31-26(36)37-27(2,3)4)32-25(19(17)14-29)38-22(23(30)35)16-9-7-6-8-10-16/h6-10,20-22,34H,5,11-12,15H2,1-4H3,(H2,30,35)(H,31,36)/t20-,21+,22+/m0/s1. The molecule has 1 aliphatic rings. The van der Waals surface area contributed by atoms with Crippen molar-refractivity contribution < 1.29 is 19.4 Å². The fourth-order valence-electron chi connectivity index (χ4n) is 4.28. The summed E-state index contributed by atoms with van der Waals surface area (Å²) < 4.78 is 5.30. The van der Waals surface area contributed by atoms with Crippen LogP contribution in [0.25, 0.3) is 0 Å². The lowest BCUT2D eigenvalue weighted by molar-refractivity contribution is -0.117. The predicted octanol–water partition coefficient (Wildman–Crippen LogP) is 3.17. The Labute approximate surface area is 226 Å². The smallest absolute Gasteiger partial charge is 0.407 e. The maximum absolute atomic E-state index is 12.4. The van der Waals surface area contributed by atoms with Crippen molar-refractivity contribution in [1.29, 1.82) is 10.5 Å². The summed E-state index contributed by atoms with van der Waals surface area (Å²) in [5, 5.41) is 33.0. The molecule has 1 fully saturated rings. The summed E-state index contributed by atoms with van der Waals surface area (Å²) in [6.45, 7) is 7.59. The number of nitriles is 2. The first-order chi connectivity index (χ1) is 18.0. The first-order valence-electron chi connectivity index (χ1n) is 12.3. The van der Waals surface area contributed by atoms with Crippen LogP contribution in [-0.2, 0) is 16.0 Å². The van der Waals surface area contributed by atoms with Gasteiger partial charge in [-0.15, -0.1) is 0 Å². The van der Waals surface area contributed by atoms with Crippen LogP contribution >= 0.6 is 11.8 Å². The summed E-state index contributed by atoms with van der Waals surface area (Å²) >= 11 is 1.06. The average Bonchev–Trinajstić information content (AvgIpc) is 2.86. The number of nitrogens with one attached hydrogen (secondary N) is 1. The number of carbonyl (C=O) groups excluding carboxylic acids is 2. The number of rotatable bonds is 7. The van der Waals surface area contributed by atoms with Crippen molar-refractivity contribution in [3.63, 3.8) is 0 Å². The summed E-state index contributed by atoms with van der Waals surface area (Å²) in [6.07, 6.45) is -0.801. The van der Waals surface area contributed by atoms with Crippen LogP contribution in [0.15, 0.2) is 35.4 Å². The number of benzene rings is 1. The van der Waals surface area contributed by atoms with Gasteiger partial charge in [0.2, 0.25) is 5.91 Å². The number of ether oxygens (including phenoxy) is 1. The van der Waals surface area contributed by atoms with E-state index in [4.69, 9.17) is 10.5 Å². The van der Waals surface area contributed by atoms with Gasteiger partial charge < -0.3 is 25.8 Å². The molecule has 0 saturated carbocycles. The number of hydrogen-bond acceptors (Lipinski definition) is 9. The zero-order valence-electron chi connectivity index (χ0n) is 21.9. The fourth-order valence-corrected chi connectivity index (χ4v) is 5.34. The van der Waals surface area contributed by atoms with Crippen molar-refractivity contribution in [2.24, 2.45) is 5.73 Å². The van der Waals surface area contributed by atoms with Gasteiger partial charge >= 0.3 is 6.09 Å². The molecule has 200 valence electrons. The lowest BCUT2D eigenvalue weighted by atomic mass is 9.98. The van der Waals surface area contributed by atoms with Crippen LogP contribution in [0, 0.1) is 22.7 Å². The van der Waals surface area contributed by atoms with Gasteiger partial charge in [0, 0.05) is 13.1 Å². The van der Waals surface area contributed by atoms with Gasteiger partial charge in [0.15, 0.2) is 0 Å². The van der Waals surface area contributed by atoms with Crippen molar-refractivity contribution in [1.82, 2.24) is 10.3 Å². The van der Waals surface area contributed by atoms with E-state index in [1.54, 1.807) is 49.9 Å². The van der Waals surface area contributed by atoms with Crippen LogP contribution in [-0.4, -0.2) is 52.9 Å². The molecule has 10 nitrogen and oxygen atoms in total. The summed E-state index contributed by atoms with van der Waals surface area (Å²) in [7, 11) is 0. The van der Waals surface area contributed by atoms with E-state index in [1.807, 2.05) is 13.0 Å². The molecule has 3 rings (SSSR count). The minimum absolute atomic E-state index is 0.0965. The molecule has 0 radical (unpaired) electrons. The van der Waals surface area contributed by atoms with Crippen LogP contribution in [0.3, 0.4) is 0 Å². The highest BCUT2D eigenvalue weighted by Crippen LogP contribution is 2.40. The van der Waals surface area contributed by atoms with E-state index < -0.39 is 35.0 Å². The van der Waals surface area contributed by atoms with Crippen LogP contribution in [0.4, 0.5) is 10.6 Å². The number of anilines is 1. The summed E-state index contributed by atoms with van der Waals surface area (Å²) in [5.41, 5.74) is 6.70. The van der Waals surface area contributed by atoms with Gasteiger partial charge in [-0.05, 0) is 44.7 Å². The number of nitrogens with zero attached hydrogens (tertiary/aromatic N) is 4. The third kappa shape index (κ3) is 6.74. The Hall–Kier alpha value is -3.80. The minimum atomic E-state index is -0.955. The van der Waals surface area contributed by atoms with E-state index in [-0.39, 0.29) is 22.7 Å². The summed E-state index contributed by atoms with van der Waals surface area (Å²) in [6, 6.07) is 12.8. The Morgan fingerprint density at radius 2 is 1.92 bits per heavy atom. The molecular weight excluding hydrogens is 504 g/mol. The number of hydrogen-bond donors (Lipinski definition) is 3. The number of carbonyl (C=O) groups is 2. The number of amides is 2. The zero-order valence-corrected chi connectivity index (χ0v) is 22.7. The van der Waals surface area contributed by atoms with Crippen molar-refractivity contribution >= 4 is 29.6 Å². The average molecular weight is 537 g/mol. The molecule has 1 saturated heterocycles. The molecule has 38 heavy (non-hydrogen) atoms. The quantitative estimate of drug-likeness (QED) is 0.451. The van der Waals surface area contributed by atoms with Crippen LogP contribution < -0.4 is 16.0 Å². The third-order valence-electron chi connectivity index (χ3n) is 6.00. The predicted molar refractivity (Wildman–Crippen MR) is 143 cm³/mol. The van der Waals surface area contributed by atoms with Gasteiger partial charge in [-0.2, -0.15) is 10.5 Å². The number of nitrogens with two attached hydrogens (primary N) is 1. The molecule has 1 aliphatic heterocycles. The highest BCUT2D eigenvalue weighted by atomic mass is 32.2. The first-order valence-corrected chi connectivity index (χ1v) is 13.2. The number of thioether (sulfide) groups is 1. The van der Waals surface area contributed by atoms with Gasteiger partial charge in [-0.1, -0.05) is 49.0 Å². The van der Waals surface area contributed by atoms with Crippen LogP contribution in [0.5, 0.6) is 0 Å². The number of aliphatic hydroxyl groups excluding tert-OH is 1. The molecular formula is C27H32N6O4S. The molecule has 0 spiro atoms. The molecule has 11 heteroatoms. The molecule has 0 bridgehead atoms. The topological polar surface area (TPSA) is 165 Å². The van der Waals surface area contributed by atoms with E-state index in [9.17, 15) is 25.2 Å².